The monoisotopic (exact) mass is 397 g/mol. The van der Waals surface area contributed by atoms with Gasteiger partial charge >= 0.3 is 6.18 Å². The molecule has 28 heavy (non-hydrogen) atoms. The zero-order chi connectivity index (χ0) is 20.4. The van der Waals surface area contributed by atoms with Crippen LogP contribution in [0.15, 0.2) is 55.2 Å². The summed E-state index contributed by atoms with van der Waals surface area (Å²) in [7, 11) is 0. The van der Waals surface area contributed by atoms with Crippen molar-refractivity contribution in [3.05, 3.63) is 60.9 Å². The molecule has 10 heteroatoms. The Kier molecular flexibility index (Phi) is 5.41. The van der Waals surface area contributed by atoms with Crippen molar-refractivity contribution in [3.63, 3.8) is 0 Å². The number of piperazine rings is 1. The van der Waals surface area contributed by atoms with E-state index in [2.05, 4.69) is 22.2 Å². The largest absolute Gasteiger partial charge is 0.433 e. The maximum Gasteiger partial charge on any atom is 0.433 e. The average molecular weight is 397 g/mol. The molecule has 0 aromatic carbocycles. The maximum atomic E-state index is 13.1. The predicted octanol–water partition coefficient (Wildman–Crippen LogP) is 2.47. The second-order valence-corrected chi connectivity index (χ2v) is 6.37. The minimum atomic E-state index is -4.51. The number of hydrogen-bond acceptors (Lipinski definition) is 5. The quantitative estimate of drug-likeness (QED) is 0.604. The fraction of sp³-hybridized carbons (Fsp3) is 0.333. The van der Waals surface area contributed by atoms with E-state index in [0.717, 1.165) is 12.3 Å². The Labute approximate surface area is 159 Å². The van der Waals surface area contributed by atoms with Crippen molar-refractivity contribution in [2.75, 3.05) is 31.5 Å². The predicted molar refractivity (Wildman–Crippen MR) is 95.4 cm³/mol. The molecule has 1 aromatic heterocycles. The van der Waals surface area contributed by atoms with Crippen LogP contribution in [0.2, 0.25) is 0 Å². The summed E-state index contributed by atoms with van der Waals surface area (Å²) in [6.07, 6.45) is 3.69. The smallest absolute Gasteiger partial charge is 0.353 e. The van der Waals surface area contributed by atoms with E-state index in [1.165, 1.54) is 11.0 Å². The standard InChI is InChI=1S/C18H19F4N5O/c1-13(19)16(28)26-8-10-27(11-9-26)17(6-2-3-7-24-17)25-14-4-5-15(23-12-14)18(20,21)22/h2-7,12,24-25H,1,8-11H2. The molecule has 1 amide bonds. The fourth-order valence-electron chi connectivity index (χ4n) is 3.12. The van der Waals surface area contributed by atoms with E-state index in [0.29, 0.717) is 18.8 Å². The van der Waals surface area contributed by atoms with E-state index in [-0.39, 0.29) is 13.1 Å². The van der Waals surface area contributed by atoms with E-state index in [9.17, 15) is 22.4 Å². The number of aromatic nitrogens is 1. The van der Waals surface area contributed by atoms with Gasteiger partial charge in [-0.25, -0.2) is 9.37 Å². The van der Waals surface area contributed by atoms with Crippen LogP contribution in [0.5, 0.6) is 0 Å². The van der Waals surface area contributed by atoms with Crippen molar-refractivity contribution in [2.45, 2.75) is 12.0 Å². The van der Waals surface area contributed by atoms with Gasteiger partial charge in [-0.15, -0.1) is 0 Å². The molecule has 0 spiro atoms. The van der Waals surface area contributed by atoms with Crippen LogP contribution in [-0.2, 0) is 11.0 Å². The Morgan fingerprint density at radius 1 is 1.21 bits per heavy atom. The summed E-state index contributed by atoms with van der Waals surface area (Å²) in [5.41, 5.74) is -0.589. The van der Waals surface area contributed by atoms with Crippen molar-refractivity contribution >= 4 is 11.6 Å². The van der Waals surface area contributed by atoms with E-state index in [1.54, 1.807) is 18.4 Å². The number of halogens is 4. The summed E-state index contributed by atoms with van der Waals surface area (Å²) in [4.78, 5) is 18.5. The first-order valence-corrected chi connectivity index (χ1v) is 8.53. The van der Waals surface area contributed by atoms with Crippen molar-refractivity contribution in [1.82, 2.24) is 20.1 Å². The molecule has 1 atom stereocenters. The van der Waals surface area contributed by atoms with Crippen LogP contribution in [0.1, 0.15) is 5.69 Å². The second-order valence-electron chi connectivity index (χ2n) is 6.37. The van der Waals surface area contributed by atoms with E-state index in [4.69, 9.17) is 0 Å². The van der Waals surface area contributed by atoms with Crippen molar-refractivity contribution in [2.24, 2.45) is 0 Å². The third-order valence-electron chi connectivity index (χ3n) is 4.53. The number of pyridine rings is 1. The summed E-state index contributed by atoms with van der Waals surface area (Å²) < 4.78 is 51.2. The summed E-state index contributed by atoms with van der Waals surface area (Å²) in [5, 5.41) is 6.33. The molecule has 1 fully saturated rings. The first kappa shape index (κ1) is 19.9. The number of allylic oxidation sites excluding steroid dienone is 2. The van der Waals surface area contributed by atoms with Crippen molar-refractivity contribution in [3.8, 4) is 0 Å². The molecule has 2 aliphatic rings. The van der Waals surface area contributed by atoms with Gasteiger partial charge in [0, 0.05) is 26.2 Å². The van der Waals surface area contributed by atoms with Gasteiger partial charge < -0.3 is 15.5 Å². The van der Waals surface area contributed by atoms with E-state index >= 15 is 0 Å². The lowest BCUT2D eigenvalue weighted by Crippen LogP contribution is -2.66. The number of rotatable bonds is 4. The number of hydrogen-bond donors (Lipinski definition) is 2. The first-order chi connectivity index (χ1) is 13.2. The van der Waals surface area contributed by atoms with Crippen LogP contribution >= 0.6 is 0 Å². The number of carbonyl (C=O) groups excluding carboxylic acids is 1. The number of nitrogens with zero attached hydrogens (tertiary/aromatic N) is 3. The lowest BCUT2D eigenvalue weighted by molar-refractivity contribution is -0.141. The molecule has 6 nitrogen and oxygen atoms in total. The van der Waals surface area contributed by atoms with E-state index in [1.807, 2.05) is 11.0 Å². The van der Waals surface area contributed by atoms with Crippen LogP contribution in [0.3, 0.4) is 0 Å². The molecule has 0 radical (unpaired) electrons. The molecule has 0 saturated carbocycles. The highest BCUT2D eigenvalue weighted by molar-refractivity contribution is 5.90. The minimum absolute atomic E-state index is 0.287. The van der Waals surface area contributed by atoms with Gasteiger partial charge in [0.25, 0.3) is 5.91 Å². The normalized spacial score (nSPS) is 22.6. The molecule has 0 bridgehead atoms. The molecule has 1 saturated heterocycles. The third kappa shape index (κ3) is 4.16. The van der Waals surface area contributed by atoms with E-state index < -0.39 is 29.4 Å². The van der Waals surface area contributed by atoms with Gasteiger partial charge in [-0.3, -0.25) is 9.69 Å². The van der Waals surface area contributed by atoms with Crippen LogP contribution in [0.4, 0.5) is 23.2 Å². The fourth-order valence-corrected chi connectivity index (χ4v) is 3.12. The van der Waals surface area contributed by atoms with Crippen LogP contribution < -0.4 is 10.6 Å². The van der Waals surface area contributed by atoms with Gasteiger partial charge in [0.05, 0.1) is 11.9 Å². The number of alkyl halides is 3. The molecule has 3 heterocycles. The summed E-state index contributed by atoms with van der Waals surface area (Å²) in [6, 6.07) is 2.21. The highest BCUT2D eigenvalue weighted by Gasteiger charge is 2.38. The number of carbonyl (C=O) groups is 1. The lowest BCUT2D eigenvalue weighted by atomic mass is 10.1. The number of dihydropyridines is 1. The van der Waals surface area contributed by atoms with Gasteiger partial charge in [-0.05, 0) is 30.5 Å². The molecule has 0 aliphatic carbocycles. The zero-order valence-electron chi connectivity index (χ0n) is 14.8. The van der Waals surface area contributed by atoms with Crippen molar-refractivity contribution in [1.29, 1.82) is 0 Å². The maximum absolute atomic E-state index is 13.1. The van der Waals surface area contributed by atoms with Crippen LogP contribution in [-0.4, -0.2) is 52.7 Å². The summed E-state index contributed by atoms with van der Waals surface area (Å²) in [6.45, 7) is 4.42. The molecule has 3 rings (SSSR count). The highest BCUT2D eigenvalue weighted by atomic mass is 19.4. The van der Waals surface area contributed by atoms with Gasteiger partial charge in [0.1, 0.15) is 5.69 Å². The Morgan fingerprint density at radius 2 is 1.93 bits per heavy atom. The Morgan fingerprint density at radius 3 is 2.43 bits per heavy atom. The molecule has 1 aromatic rings. The Bertz CT molecular complexity index is 797. The SMILES string of the molecule is C=C(F)C(=O)N1CCN(C2(Nc3ccc(C(F)(F)F)nc3)C=CC=CN2)CC1. The zero-order valence-corrected chi connectivity index (χ0v) is 14.8. The molecule has 2 aliphatic heterocycles. The summed E-state index contributed by atoms with van der Waals surface area (Å²) in [5.74, 6) is -2.66. The number of amides is 1. The molecule has 1 unspecified atom stereocenters. The van der Waals surface area contributed by atoms with Gasteiger partial charge in [-0.1, -0.05) is 12.7 Å². The summed E-state index contributed by atoms with van der Waals surface area (Å²) >= 11 is 0. The molecular formula is C18H19F4N5O. The lowest BCUT2D eigenvalue weighted by Gasteiger charge is -2.47. The molecular weight excluding hydrogens is 378 g/mol. The van der Waals surface area contributed by atoms with Crippen LogP contribution in [0.25, 0.3) is 0 Å². The van der Waals surface area contributed by atoms with Crippen LogP contribution in [0, 0.1) is 0 Å². The minimum Gasteiger partial charge on any atom is -0.353 e. The molecule has 150 valence electrons. The molecule has 2 N–H and O–H groups in total. The second kappa shape index (κ2) is 7.63. The highest BCUT2D eigenvalue weighted by Crippen LogP contribution is 2.29. The Balaban J connectivity index is 1.75. The van der Waals surface area contributed by atoms with Crippen molar-refractivity contribution < 1.29 is 22.4 Å². The van der Waals surface area contributed by atoms with Gasteiger partial charge in [-0.2, -0.15) is 13.2 Å². The number of nitrogens with one attached hydrogen (secondary N) is 2. The Hall–Kier alpha value is -2.88. The topological polar surface area (TPSA) is 60.5 Å². The van der Waals surface area contributed by atoms with Gasteiger partial charge in [0.2, 0.25) is 0 Å². The average Bonchev–Trinajstić information content (AvgIpc) is 2.68. The first-order valence-electron chi connectivity index (χ1n) is 8.53. The number of anilines is 1. The third-order valence-corrected chi connectivity index (χ3v) is 4.53. The van der Waals surface area contributed by atoms with Gasteiger partial charge in [0.15, 0.2) is 11.6 Å².